The minimum atomic E-state index is -0.255. The third-order valence-corrected chi connectivity index (χ3v) is 4.30. The van der Waals surface area contributed by atoms with Crippen LogP contribution in [0.4, 0.5) is 5.69 Å². The van der Waals surface area contributed by atoms with E-state index >= 15 is 0 Å². The van der Waals surface area contributed by atoms with Gasteiger partial charge in [-0.3, -0.25) is 4.79 Å². The Morgan fingerprint density at radius 2 is 1.83 bits per heavy atom. The monoisotopic (exact) mass is 350 g/mol. The van der Waals surface area contributed by atoms with Gasteiger partial charge in [0.15, 0.2) is 0 Å². The average Bonchev–Trinajstić information content (AvgIpc) is 2.59. The number of benzene rings is 2. The van der Waals surface area contributed by atoms with Crippen LogP contribution in [-0.4, -0.2) is 25.6 Å². The van der Waals surface area contributed by atoms with Crippen LogP contribution in [0.15, 0.2) is 42.5 Å². The maximum atomic E-state index is 12.3. The first-order valence-electron chi connectivity index (χ1n) is 7.33. The van der Waals surface area contributed by atoms with Crippen LogP contribution in [0.5, 0.6) is 0 Å². The summed E-state index contributed by atoms with van der Waals surface area (Å²) in [7, 11) is 0. The number of halogens is 2. The van der Waals surface area contributed by atoms with Crippen LogP contribution in [0, 0.1) is 0 Å². The molecule has 1 fully saturated rings. The number of hydrogen-bond donors (Lipinski definition) is 2. The first-order chi connectivity index (χ1) is 11.1. The molecule has 2 N–H and O–H groups in total. The zero-order valence-corrected chi connectivity index (χ0v) is 13.8. The van der Waals surface area contributed by atoms with Crippen LogP contribution >= 0.6 is 23.2 Å². The SMILES string of the molecule is O=C(Nc1c(Cl)cccc1Cl)c1ccc([C@H]2CNCCO2)cc1. The molecule has 2 aromatic rings. The quantitative estimate of drug-likeness (QED) is 0.882. The van der Waals surface area contributed by atoms with Gasteiger partial charge in [0.05, 0.1) is 28.4 Å². The largest absolute Gasteiger partial charge is 0.371 e. The van der Waals surface area contributed by atoms with Crippen LogP contribution in [0.1, 0.15) is 22.0 Å². The van der Waals surface area contributed by atoms with E-state index in [1.165, 1.54) is 0 Å². The van der Waals surface area contributed by atoms with Crippen molar-refractivity contribution in [3.05, 3.63) is 63.6 Å². The number of morpholine rings is 1. The Bertz CT molecular complexity index is 678. The fourth-order valence-corrected chi connectivity index (χ4v) is 2.92. The van der Waals surface area contributed by atoms with E-state index in [1.54, 1.807) is 30.3 Å². The number of nitrogens with one attached hydrogen (secondary N) is 2. The van der Waals surface area contributed by atoms with Gasteiger partial charge in [-0.25, -0.2) is 0 Å². The van der Waals surface area contributed by atoms with Gasteiger partial charge in [-0.1, -0.05) is 41.4 Å². The molecule has 0 saturated carbocycles. The number of anilines is 1. The van der Waals surface area contributed by atoms with Gasteiger partial charge in [-0.05, 0) is 29.8 Å². The summed E-state index contributed by atoms with van der Waals surface area (Å²) in [6, 6.07) is 12.4. The van der Waals surface area contributed by atoms with Crippen LogP contribution < -0.4 is 10.6 Å². The van der Waals surface area contributed by atoms with Crippen LogP contribution in [0.3, 0.4) is 0 Å². The first kappa shape index (κ1) is 16.3. The second-order valence-corrected chi connectivity index (χ2v) is 6.05. The minimum Gasteiger partial charge on any atom is -0.371 e. The standard InChI is InChI=1S/C17H16Cl2N2O2/c18-13-2-1-3-14(19)16(13)21-17(22)12-6-4-11(5-7-12)15-10-20-8-9-23-15/h1-7,15,20H,8-10H2,(H,21,22)/t15-/m1/s1. The van der Waals surface area contributed by atoms with E-state index < -0.39 is 0 Å². The predicted octanol–water partition coefficient (Wildman–Crippen LogP) is 3.91. The summed E-state index contributed by atoms with van der Waals surface area (Å²) in [6.07, 6.45) is 0.0267. The van der Waals surface area contributed by atoms with Gasteiger partial charge in [-0.15, -0.1) is 0 Å². The molecule has 1 aliphatic rings. The molecule has 1 heterocycles. The number of ether oxygens (including phenoxy) is 1. The Morgan fingerprint density at radius 3 is 2.43 bits per heavy atom. The molecule has 2 aromatic carbocycles. The van der Waals surface area contributed by atoms with Crippen molar-refractivity contribution in [1.29, 1.82) is 0 Å². The lowest BCUT2D eigenvalue weighted by molar-refractivity contribution is 0.0277. The van der Waals surface area contributed by atoms with Crippen molar-refractivity contribution in [3.8, 4) is 0 Å². The molecule has 1 amide bonds. The van der Waals surface area contributed by atoms with Crippen LogP contribution in [-0.2, 0) is 4.74 Å². The molecule has 23 heavy (non-hydrogen) atoms. The van der Waals surface area contributed by atoms with E-state index in [1.807, 2.05) is 12.1 Å². The number of amides is 1. The third-order valence-electron chi connectivity index (χ3n) is 3.67. The summed E-state index contributed by atoms with van der Waals surface area (Å²) in [5, 5.41) is 6.84. The van der Waals surface area contributed by atoms with Gasteiger partial charge in [0.25, 0.3) is 5.91 Å². The number of hydrogen-bond acceptors (Lipinski definition) is 3. The van der Waals surface area contributed by atoms with E-state index in [0.29, 0.717) is 27.9 Å². The molecular formula is C17H16Cl2N2O2. The Balaban J connectivity index is 1.72. The zero-order chi connectivity index (χ0) is 16.2. The normalized spacial score (nSPS) is 17.7. The summed E-state index contributed by atoms with van der Waals surface area (Å²) in [5.74, 6) is -0.255. The molecule has 3 rings (SSSR count). The zero-order valence-electron chi connectivity index (χ0n) is 12.3. The van der Waals surface area contributed by atoms with Gasteiger partial charge in [0.2, 0.25) is 0 Å². The molecule has 0 radical (unpaired) electrons. The van der Waals surface area contributed by atoms with Crippen molar-refractivity contribution in [1.82, 2.24) is 5.32 Å². The number of para-hydroxylation sites is 1. The van der Waals surface area contributed by atoms with E-state index in [2.05, 4.69) is 10.6 Å². The van der Waals surface area contributed by atoms with Crippen molar-refractivity contribution in [2.75, 3.05) is 25.0 Å². The Morgan fingerprint density at radius 1 is 1.13 bits per heavy atom. The van der Waals surface area contributed by atoms with Crippen molar-refractivity contribution in [2.45, 2.75) is 6.10 Å². The summed E-state index contributed by atoms with van der Waals surface area (Å²) in [6.45, 7) is 2.34. The highest BCUT2D eigenvalue weighted by Crippen LogP contribution is 2.30. The maximum absolute atomic E-state index is 12.3. The Labute approximate surface area is 144 Å². The summed E-state index contributed by atoms with van der Waals surface area (Å²) >= 11 is 12.1. The molecule has 0 aliphatic carbocycles. The second kappa shape index (κ2) is 7.32. The first-order valence-corrected chi connectivity index (χ1v) is 8.08. The lowest BCUT2D eigenvalue weighted by Gasteiger charge is -2.24. The van der Waals surface area contributed by atoms with Crippen molar-refractivity contribution in [2.24, 2.45) is 0 Å². The fourth-order valence-electron chi connectivity index (χ4n) is 2.43. The van der Waals surface area contributed by atoms with E-state index in [4.69, 9.17) is 27.9 Å². The molecule has 1 aliphatic heterocycles. The molecule has 1 atom stereocenters. The maximum Gasteiger partial charge on any atom is 0.255 e. The molecule has 4 nitrogen and oxygen atoms in total. The lowest BCUT2D eigenvalue weighted by Crippen LogP contribution is -2.33. The van der Waals surface area contributed by atoms with E-state index in [0.717, 1.165) is 18.7 Å². The molecular weight excluding hydrogens is 335 g/mol. The summed E-state index contributed by atoms with van der Waals surface area (Å²) in [4.78, 5) is 12.3. The van der Waals surface area contributed by atoms with E-state index in [-0.39, 0.29) is 12.0 Å². The van der Waals surface area contributed by atoms with Crippen LogP contribution in [0.2, 0.25) is 10.0 Å². The van der Waals surface area contributed by atoms with E-state index in [9.17, 15) is 4.79 Å². The van der Waals surface area contributed by atoms with Gasteiger partial charge in [0, 0.05) is 18.7 Å². The minimum absolute atomic E-state index is 0.0267. The smallest absolute Gasteiger partial charge is 0.255 e. The van der Waals surface area contributed by atoms with Gasteiger partial charge in [-0.2, -0.15) is 0 Å². The number of carbonyl (C=O) groups excluding carboxylic acids is 1. The van der Waals surface area contributed by atoms with Crippen molar-refractivity contribution in [3.63, 3.8) is 0 Å². The molecule has 6 heteroatoms. The van der Waals surface area contributed by atoms with Crippen molar-refractivity contribution < 1.29 is 9.53 Å². The van der Waals surface area contributed by atoms with Gasteiger partial charge in [0.1, 0.15) is 0 Å². The number of rotatable bonds is 3. The third kappa shape index (κ3) is 3.85. The lowest BCUT2D eigenvalue weighted by atomic mass is 10.1. The topological polar surface area (TPSA) is 50.4 Å². The predicted molar refractivity (Wildman–Crippen MR) is 92.4 cm³/mol. The van der Waals surface area contributed by atoms with Gasteiger partial charge >= 0.3 is 0 Å². The second-order valence-electron chi connectivity index (χ2n) is 5.24. The Hall–Kier alpha value is -1.59. The molecule has 1 saturated heterocycles. The average molecular weight is 351 g/mol. The van der Waals surface area contributed by atoms with Crippen molar-refractivity contribution >= 4 is 34.8 Å². The summed E-state index contributed by atoms with van der Waals surface area (Å²) in [5.41, 5.74) is 2.00. The molecule has 0 unspecified atom stereocenters. The van der Waals surface area contributed by atoms with Crippen LogP contribution in [0.25, 0.3) is 0 Å². The van der Waals surface area contributed by atoms with Gasteiger partial charge < -0.3 is 15.4 Å². The Kier molecular flexibility index (Phi) is 5.18. The highest BCUT2D eigenvalue weighted by Gasteiger charge is 2.16. The highest BCUT2D eigenvalue weighted by atomic mass is 35.5. The molecule has 0 spiro atoms. The summed E-state index contributed by atoms with van der Waals surface area (Å²) < 4.78 is 5.69. The number of carbonyl (C=O) groups is 1. The highest BCUT2D eigenvalue weighted by molar-refractivity contribution is 6.40. The fraction of sp³-hybridized carbons (Fsp3) is 0.235. The molecule has 0 bridgehead atoms. The molecule has 120 valence electrons. The molecule has 0 aromatic heterocycles.